The van der Waals surface area contributed by atoms with Crippen molar-refractivity contribution in [2.45, 2.75) is 6.92 Å². The average molecular weight is 392 g/mol. The third-order valence-electron chi connectivity index (χ3n) is 4.26. The van der Waals surface area contributed by atoms with Gasteiger partial charge in [-0.25, -0.2) is 10.1 Å². The Bertz CT molecular complexity index is 1230. The normalized spacial score (nSPS) is 11.2. The van der Waals surface area contributed by atoms with Crippen molar-refractivity contribution in [3.8, 4) is 11.6 Å². The molecule has 0 radical (unpaired) electrons. The highest BCUT2D eigenvalue weighted by atomic mass is 16.6. The second kappa shape index (κ2) is 7.38. The molecule has 146 valence electrons. The third kappa shape index (κ3) is 3.25. The van der Waals surface area contributed by atoms with E-state index in [2.05, 4.69) is 35.8 Å². The summed E-state index contributed by atoms with van der Waals surface area (Å²) in [4.78, 5) is 12.7. The number of anilines is 1. The Morgan fingerprint density at radius 3 is 2.86 bits per heavy atom. The van der Waals surface area contributed by atoms with E-state index in [0.717, 1.165) is 21.0 Å². The lowest BCUT2D eigenvalue weighted by Gasteiger charge is -2.08. The molecule has 11 heteroatoms. The van der Waals surface area contributed by atoms with Crippen LogP contribution in [0.3, 0.4) is 0 Å². The molecule has 0 aliphatic carbocycles. The van der Waals surface area contributed by atoms with Gasteiger partial charge in [0.2, 0.25) is 11.6 Å². The van der Waals surface area contributed by atoms with Crippen molar-refractivity contribution in [1.29, 1.82) is 0 Å². The molecule has 1 amide bonds. The molecule has 2 aromatic carbocycles. The molecular weight excluding hydrogens is 376 g/mol. The number of nitrogens with two attached hydrogens (primary N) is 1. The number of rotatable bonds is 5. The number of carbonyl (C=O) groups is 1. The zero-order valence-electron chi connectivity index (χ0n) is 15.5. The molecule has 0 aliphatic heterocycles. The molecule has 3 N–H and O–H groups in total. The zero-order chi connectivity index (χ0) is 20.4. The number of nitrogens with zero attached hydrogens (tertiary/aromatic N) is 6. The van der Waals surface area contributed by atoms with Crippen LogP contribution in [0.4, 0.5) is 5.82 Å². The number of nitrogen functional groups attached to an aromatic ring is 1. The van der Waals surface area contributed by atoms with Crippen LogP contribution >= 0.6 is 0 Å². The summed E-state index contributed by atoms with van der Waals surface area (Å²) < 4.78 is 11.1. The van der Waals surface area contributed by atoms with Crippen LogP contribution in [0.25, 0.3) is 16.6 Å². The first-order valence-electron chi connectivity index (χ1n) is 8.50. The lowest BCUT2D eigenvalue weighted by Crippen LogP contribution is -2.23. The molecule has 0 saturated heterocycles. The standard InChI is InChI=1S/C18H16N8O3/c1-10-15(26(25-21-10)17-16(19)23-29-24-17)18(27)22-20-9-13-12-6-4-3-5-11(12)7-8-14(13)28-2/h3-9H,1-2H3,(H2,19,23)(H,22,27). The maximum atomic E-state index is 12.7. The van der Waals surface area contributed by atoms with Crippen molar-refractivity contribution in [1.82, 2.24) is 30.7 Å². The summed E-state index contributed by atoms with van der Waals surface area (Å²) in [5.74, 6) is 0.125. The molecule has 4 rings (SSSR count). The molecule has 29 heavy (non-hydrogen) atoms. The Morgan fingerprint density at radius 2 is 2.10 bits per heavy atom. The van der Waals surface area contributed by atoms with Gasteiger partial charge in [-0.3, -0.25) is 4.79 Å². The Balaban J connectivity index is 1.64. The maximum absolute atomic E-state index is 12.7. The Labute approximate surface area is 164 Å². The second-order valence-corrected chi connectivity index (χ2v) is 6.01. The molecule has 4 aromatic rings. The topological polar surface area (TPSA) is 146 Å². The van der Waals surface area contributed by atoms with E-state index in [0.29, 0.717) is 11.4 Å². The van der Waals surface area contributed by atoms with Gasteiger partial charge < -0.3 is 10.5 Å². The summed E-state index contributed by atoms with van der Waals surface area (Å²) in [6.45, 7) is 1.62. The number of hydrogen-bond donors (Lipinski definition) is 2. The molecule has 0 unspecified atom stereocenters. The number of carbonyl (C=O) groups excluding carboxylic acids is 1. The molecule has 0 bridgehead atoms. The van der Waals surface area contributed by atoms with Gasteiger partial charge in [0.25, 0.3) is 5.91 Å². The third-order valence-corrected chi connectivity index (χ3v) is 4.26. The van der Waals surface area contributed by atoms with Crippen LogP contribution in [0.5, 0.6) is 5.75 Å². The lowest BCUT2D eigenvalue weighted by molar-refractivity contribution is 0.0946. The van der Waals surface area contributed by atoms with Gasteiger partial charge in [-0.15, -0.1) is 5.10 Å². The fourth-order valence-corrected chi connectivity index (χ4v) is 2.90. The van der Waals surface area contributed by atoms with E-state index in [-0.39, 0.29) is 17.3 Å². The minimum Gasteiger partial charge on any atom is -0.496 e. The molecule has 0 fully saturated rings. The number of amides is 1. The zero-order valence-corrected chi connectivity index (χ0v) is 15.5. The van der Waals surface area contributed by atoms with Gasteiger partial charge in [0.05, 0.1) is 19.0 Å². The maximum Gasteiger partial charge on any atom is 0.292 e. The van der Waals surface area contributed by atoms with Crippen LogP contribution in [0, 0.1) is 6.92 Å². The summed E-state index contributed by atoms with van der Waals surface area (Å²) in [7, 11) is 1.57. The summed E-state index contributed by atoms with van der Waals surface area (Å²) in [6, 6.07) is 11.6. The minimum absolute atomic E-state index is 0.0204. The van der Waals surface area contributed by atoms with Crippen molar-refractivity contribution in [2.24, 2.45) is 5.10 Å². The van der Waals surface area contributed by atoms with E-state index in [9.17, 15) is 4.79 Å². The summed E-state index contributed by atoms with van der Waals surface area (Å²) in [5.41, 5.74) is 9.35. The quantitative estimate of drug-likeness (QED) is 0.383. The fraction of sp³-hybridized carbons (Fsp3) is 0.111. The molecular formula is C18H16N8O3. The van der Waals surface area contributed by atoms with Crippen molar-refractivity contribution >= 4 is 28.7 Å². The van der Waals surface area contributed by atoms with E-state index < -0.39 is 5.91 Å². The van der Waals surface area contributed by atoms with E-state index in [1.165, 1.54) is 6.21 Å². The highest BCUT2D eigenvalue weighted by molar-refractivity contribution is 6.03. The molecule has 0 saturated carbocycles. The number of aryl methyl sites for hydroxylation is 1. The smallest absolute Gasteiger partial charge is 0.292 e. The van der Waals surface area contributed by atoms with Crippen LogP contribution in [0.2, 0.25) is 0 Å². The number of fused-ring (bicyclic) bond motifs is 1. The van der Waals surface area contributed by atoms with E-state index in [1.807, 2.05) is 36.4 Å². The molecule has 0 aliphatic rings. The molecule has 0 atom stereocenters. The minimum atomic E-state index is -0.551. The number of benzene rings is 2. The summed E-state index contributed by atoms with van der Waals surface area (Å²) in [6.07, 6.45) is 1.52. The highest BCUT2D eigenvalue weighted by Crippen LogP contribution is 2.26. The van der Waals surface area contributed by atoms with Crippen LogP contribution in [-0.4, -0.2) is 44.5 Å². The number of aromatic nitrogens is 5. The van der Waals surface area contributed by atoms with Gasteiger partial charge in [0.15, 0.2) is 5.69 Å². The first-order valence-corrected chi connectivity index (χ1v) is 8.50. The van der Waals surface area contributed by atoms with Gasteiger partial charge in [-0.1, -0.05) is 35.5 Å². The number of ether oxygens (including phenoxy) is 1. The second-order valence-electron chi connectivity index (χ2n) is 6.01. The van der Waals surface area contributed by atoms with Crippen molar-refractivity contribution in [2.75, 3.05) is 12.8 Å². The fourth-order valence-electron chi connectivity index (χ4n) is 2.90. The Morgan fingerprint density at radius 1 is 1.28 bits per heavy atom. The van der Waals surface area contributed by atoms with Gasteiger partial charge in [-0.2, -0.15) is 9.78 Å². The average Bonchev–Trinajstić information content (AvgIpc) is 3.32. The van der Waals surface area contributed by atoms with E-state index >= 15 is 0 Å². The van der Waals surface area contributed by atoms with E-state index in [1.54, 1.807) is 14.0 Å². The van der Waals surface area contributed by atoms with Crippen LogP contribution < -0.4 is 15.9 Å². The highest BCUT2D eigenvalue weighted by Gasteiger charge is 2.22. The van der Waals surface area contributed by atoms with Crippen molar-refractivity contribution in [3.05, 3.63) is 53.3 Å². The van der Waals surface area contributed by atoms with Gasteiger partial charge in [-0.05, 0) is 34.1 Å². The lowest BCUT2D eigenvalue weighted by atomic mass is 10.0. The van der Waals surface area contributed by atoms with Crippen LogP contribution in [0.15, 0.2) is 46.1 Å². The van der Waals surface area contributed by atoms with E-state index in [4.69, 9.17) is 10.5 Å². The largest absolute Gasteiger partial charge is 0.496 e. The number of methoxy groups -OCH3 is 1. The molecule has 2 aromatic heterocycles. The van der Waals surface area contributed by atoms with Crippen molar-refractivity contribution < 1.29 is 14.2 Å². The molecule has 11 nitrogen and oxygen atoms in total. The summed E-state index contributed by atoms with van der Waals surface area (Å²) in [5, 5.41) is 20.9. The summed E-state index contributed by atoms with van der Waals surface area (Å²) >= 11 is 0. The van der Waals surface area contributed by atoms with Crippen molar-refractivity contribution in [3.63, 3.8) is 0 Å². The van der Waals surface area contributed by atoms with Crippen LogP contribution in [-0.2, 0) is 0 Å². The molecule has 0 spiro atoms. The first kappa shape index (κ1) is 18.1. The van der Waals surface area contributed by atoms with Crippen LogP contribution in [0.1, 0.15) is 21.7 Å². The SMILES string of the molecule is COc1ccc2ccccc2c1C=NNC(=O)c1c(C)nnn1-c1nonc1N. The van der Waals surface area contributed by atoms with Gasteiger partial charge >= 0.3 is 0 Å². The number of nitrogens with one attached hydrogen (secondary N) is 1. The predicted molar refractivity (Wildman–Crippen MR) is 104 cm³/mol. The predicted octanol–water partition coefficient (Wildman–Crippen LogP) is 1.47. The molecule has 2 heterocycles. The van der Waals surface area contributed by atoms with Gasteiger partial charge in [0.1, 0.15) is 5.75 Å². The van der Waals surface area contributed by atoms with Gasteiger partial charge in [0, 0.05) is 5.56 Å². The number of hydrogen-bond acceptors (Lipinski definition) is 9. The number of hydrazone groups is 1. The Kier molecular flexibility index (Phi) is 4.61. The first-order chi connectivity index (χ1) is 14.1. The Hall–Kier alpha value is -4.28. The monoisotopic (exact) mass is 392 g/mol.